The summed E-state index contributed by atoms with van der Waals surface area (Å²) in [6.07, 6.45) is 4.65. The molecular formula is C27H30O4. The Kier molecular flexibility index (Phi) is 9.17. The summed E-state index contributed by atoms with van der Waals surface area (Å²) < 4.78 is 16.6. The van der Waals surface area contributed by atoms with Gasteiger partial charge in [-0.3, -0.25) is 0 Å². The standard InChI is InChI=1S/C27H30O4/c1-29-26-15-12-24(13-16-26)20-30-19-5-8-25(28)14-9-22-10-17-27(18-11-22)31-21-23-6-3-2-4-7-23/h2-8,10-13,15-18,25,28H,9,14,19-21H2,1H3/b8-5+/t25-/m0/s1. The zero-order chi connectivity index (χ0) is 21.7. The van der Waals surface area contributed by atoms with Gasteiger partial charge in [-0.05, 0) is 53.8 Å². The number of aliphatic hydroxyl groups excluding tert-OH is 1. The first kappa shape index (κ1) is 22.6. The van der Waals surface area contributed by atoms with Crippen molar-refractivity contribution >= 4 is 0 Å². The Morgan fingerprint density at radius 2 is 1.42 bits per heavy atom. The van der Waals surface area contributed by atoms with E-state index in [1.54, 1.807) is 13.2 Å². The zero-order valence-electron chi connectivity index (χ0n) is 17.9. The van der Waals surface area contributed by atoms with Gasteiger partial charge in [0, 0.05) is 0 Å². The molecule has 31 heavy (non-hydrogen) atoms. The molecule has 0 saturated heterocycles. The number of aliphatic hydroxyl groups is 1. The molecule has 0 unspecified atom stereocenters. The molecule has 0 heterocycles. The molecule has 0 aliphatic rings. The van der Waals surface area contributed by atoms with E-state index in [9.17, 15) is 5.11 Å². The molecule has 1 atom stereocenters. The van der Waals surface area contributed by atoms with Crippen molar-refractivity contribution in [2.24, 2.45) is 0 Å². The molecular weight excluding hydrogens is 388 g/mol. The molecule has 0 radical (unpaired) electrons. The Morgan fingerprint density at radius 3 is 2.13 bits per heavy atom. The van der Waals surface area contributed by atoms with Crippen LogP contribution in [0.5, 0.6) is 11.5 Å². The Labute approximate surface area is 184 Å². The van der Waals surface area contributed by atoms with Crippen molar-refractivity contribution in [3.05, 3.63) is 108 Å². The highest BCUT2D eigenvalue weighted by molar-refractivity contribution is 5.28. The van der Waals surface area contributed by atoms with Gasteiger partial charge in [0.15, 0.2) is 0 Å². The fourth-order valence-electron chi connectivity index (χ4n) is 3.08. The summed E-state index contributed by atoms with van der Waals surface area (Å²) >= 11 is 0. The van der Waals surface area contributed by atoms with Crippen LogP contribution in [0.4, 0.5) is 0 Å². The average molecular weight is 419 g/mol. The molecule has 0 fully saturated rings. The van der Waals surface area contributed by atoms with Gasteiger partial charge >= 0.3 is 0 Å². The van der Waals surface area contributed by atoms with E-state index < -0.39 is 6.10 Å². The molecule has 0 spiro atoms. The maximum absolute atomic E-state index is 10.2. The highest BCUT2D eigenvalue weighted by Gasteiger charge is 2.02. The summed E-state index contributed by atoms with van der Waals surface area (Å²) in [5.74, 6) is 1.68. The van der Waals surface area contributed by atoms with E-state index in [1.165, 1.54) is 5.56 Å². The fraction of sp³-hybridized carbons (Fsp3) is 0.259. The zero-order valence-corrected chi connectivity index (χ0v) is 17.9. The number of rotatable bonds is 12. The lowest BCUT2D eigenvalue weighted by Gasteiger charge is -2.09. The van der Waals surface area contributed by atoms with E-state index in [0.29, 0.717) is 26.2 Å². The first-order valence-corrected chi connectivity index (χ1v) is 10.5. The van der Waals surface area contributed by atoms with E-state index in [1.807, 2.05) is 72.8 Å². The normalized spacial score (nSPS) is 12.1. The maximum atomic E-state index is 10.2. The van der Waals surface area contributed by atoms with E-state index in [0.717, 1.165) is 29.0 Å². The largest absolute Gasteiger partial charge is 0.497 e. The smallest absolute Gasteiger partial charge is 0.119 e. The minimum Gasteiger partial charge on any atom is -0.497 e. The average Bonchev–Trinajstić information content (AvgIpc) is 2.83. The molecule has 0 aromatic heterocycles. The molecule has 4 heteroatoms. The SMILES string of the molecule is COc1ccc(COC/C=C/[C@H](O)CCc2ccc(OCc3ccccc3)cc2)cc1. The maximum Gasteiger partial charge on any atom is 0.119 e. The first-order chi connectivity index (χ1) is 15.2. The van der Waals surface area contributed by atoms with Gasteiger partial charge in [0.25, 0.3) is 0 Å². The minimum absolute atomic E-state index is 0.469. The van der Waals surface area contributed by atoms with Crippen molar-refractivity contribution in [2.45, 2.75) is 32.2 Å². The Bertz CT molecular complexity index is 902. The molecule has 0 amide bonds. The second-order valence-electron chi connectivity index (χ2n) is 7.32. The van der Waals surface area contributed by atoms with Gasteiger partial charge in [-0.2, -0.15) is 0 Å². The Balaban J connectivity index is 1.31. The molecule has 3 aromatic carbocycles. The molecule has 0 saturated carbocycles. The lowest BCUT2D eigenvalue weighted by atomic mass is 10.1. The van der Waals surface area contributed by atoms with Gasteiger partial charge in [-0.15, -0.1) is 0 Å². The first-order valence-electron chi connectivity index (χ1n) is 10.5. The lowest BCUT2D eigenvalue weighted by molar-refractivity contribution is 0.147. The van der Waals surface area contributed by atoms with Crippen LogP contribution in [0, 0.1) is 0 Å². The summed E-state index contributed by atoms with van der Waals surface area (Å²) in [6, 6.07) is 26.0. The number of ether oxygens (including phenoxy) is 3. The second-order valence-corrected chi connectivity index (χ2v) is 7.32. The van der Waals surface area contributed by atoms with E-state index in [2.05, 4.69) is 12.1 Å². The van der Waals surface area contributed by atoms with Crippen LogP contribution in [0.1, 0.15) is 23.1 Å². The number of methoxy groups -OCH3 is 1. The van der Waals surface area contributed by atoms with Crippen LogP contribution in [-0.2, 0) is 24.4 Å². The predicted molar refractivity (Wildman–Crippen MR) is 123 cm³/mol. The Hall–Kier alpha value is -3.08. The number of benzene rings is 3. The molecule has 1 N–H and O–H groups in total. The predicted octanol–water partition coefficient (Wildman–Crippen LogP) is 5.34. The van der Waals surface area contributed by atoms with E-state index >= 15 is 0 Å². The molecule has 4 nitrogen and oxygen atoms in total. The monoisotopic (exact) mass is 418 g/mol. The van der Waals surface area contributed by atoms with Crippen molar-refractivity contribution in [3.8, 4) is 11.5 Å². The van der Waals surface area contributed by atoms with Gasteiger partial charge in [0.2, 0.25) is 0 Å². The third-order valence-electron chi connectivity index (χ3n) is 4.90. The third kappa shape index (κ3) is 8.28. The van der Waals surface area contributed by atoms with Crippen LogP contribution in [0.15, 0.2) is 91.0 Å². The fourth-order valence-corrected chi connectivity index (χ4v) is 3.08. The molecule has 0 aliphatic heterocycles. The van der Waals surface area contributed by atoms with Gasteiger partial charge in [0.05, 0.1) is 26.4 Å². The van der Waals surface area contributed by atoms with Gasteiger partial charge in [0.1, 0.15) is 18.1 Å². The highest BCUT2D eigenvalue weighted by atomic mass is 16.5. The highest BCUT2D eigenvalue weighted by Crippen LogP contribution is 2.16. The minimum atomic E-state index is -0.487. The van der Waals surface area contributed by atoms with Gasteiger partial charge in [-0.1, -0.05) is 66.7 Å². The number of hydrogen-bond acceptors (Lipinski definition) is 4. The summed E-state index contributed by atoms with van der Waals surface area (Å²) in [4.78, 5) is 0. The number of hydrogen-bond donors (Lipinski definition) is 1. The second kappa shape index (κ2) is 12.6. The van der Waals surface area contributed by atoms with Crippen LogP contribution < -0.4 is 9.47 Å². The molecule has 3 rings (SSSR count). The summed E-state index contributed by atoms with van der Waals surface area (Å²) in [5.41, 5.74) is 3.41. The Morgan fingerprint density at radius 1 is 0.774 bits per heavy atom. The third-order valence-corrected chi connectivity index (χ3v) is 4.90. The van der Waals surface area contributed by atoms with Crippen LogP contribution in [0.3, 0.4) is 0 Å². The van der Waals surface area contributed by atoms with Crippen LogP contribution in [0.25, 0.3) is 0 Å². The number of aryl methyl sites for hydroxylation is 1. The van der Waals surface area contributed by atoms with E-state index in [-0.39, 0.29) is 0 Å². The van der Waals surface area contributed by atoms with Crippen LogP contribution in [-0.4, -0.2) is 24.9 Å². The van der Waals surface area contributed by atoms with Crippen molar-refractivity contribution < 1.29 is 19.3 Å². The molecule has 162 valence electrons. The van der Waals surface area contributed by atoms with Crippen molar-refractivity contribution in [3.63, 3.8) is 0 Å². The molecule has 0 bridgehead atoms. The summed E-state index contributed by atoms with van der Waals surface area (Å²) in [7, 11) is 1.65. The quantitative estimate of drug-likeness (QED) is 0.319. The van der Waals surface area contributed by atoms with E-state index in [4.69, 9.17) is 14.2 Å². The van der Waals surface area contributed by atoms with Crippen molar-refractivity contribution in [1.29, 1.82) is 0 Å². The topological polar surface area (TPSA) is 47.9 Å². The molecule has 0 aliphatic carbocycles. The lowest BCUT2D eigenvalue weighted by Crippen LogP contribution is -2.04. The van der Waals surface area contributed by atoms with Crippen molar-refractivity contribution in [1.82, 2.24) is 0 Å². The van der Waals surface area contributed by atoms with Gasteiger partial charge < -0.3 is 19.3 Å². The molecule has 3 aromatic rings. The van der Waals surface area contributed by atoms with Crippen LogP contribution in [0.2, 0.25) is 0 Å². The van der Waals surface area contributed by atoms with Crippen molar-refractivity contribution in [2.75, 3.05) is 13.7 Å². The van der Waals surface area contributed by atoms with Crippen LogP contribution >= 0.6 is 0 Å². The summed E-state index contributed by atoms with van der Waals surface area (Å²) in [5, 5.41) is 10.2. The van der Waals surface area contributed by atoms with Gasteiger partial charge in [-0.25, -0.2) is 0 Å². The summed E-state index contributed by atoms with van der Waals surface area (Å²) in [6.45, 7) is 1.56.